The van der Waals surface area contributed by atoms with Gasteiger partial charge in [0.25, 0.3) is 5.91 Å². The summed E-state index contributed by atoms with van der Waals surface area (Å²) in [6.07, 6.45) is 6.74. The van der Waals surface area contributed by atoms with Crippen molar-refractivity contribution in [3.05, 3.63) is 23.0 Å². The number of nitrogens with two attached hydrogens (primary N) is 1. The number of hydrogen-bond donors (Lipinski definition) is 2. The molecule has 1 aromatic heterocycles. The van der Waals surface area contributed by atoms with Gasteiger partial charge < -0.3 is 11.1 Å². The smallest absolute Gasteiger partial charge is 0.253 e. The first-order valence-electron chi connectivity index (χ1n) is 6.82. The van der Waals surface area contributed by atoms with Crippen molar-refractivity contribution in [1.82, 2.24) is 10.3 Å². The molecule has 19 heavy (non-hydrogen) atoms. The lowest BCUT2D eigenvalue weighted by atomic mass is 9.89. The first kappa shape index (κ1) is 12.7. The molecule has 2 fully saturated rings. The van der Waals surface area contributed by atoms with Gasteiger partial charge in [-0.05, 0) is 43.1 Å². The second-order valence-electron chi connectivity index (χ2n) is 5.74. The summed E-state index contributed by atoms with van der Waals surface area (Å²) in [5.74, 6) is 2.20. The molecule has 0 radical (unpaired) electrons. The summed E-state index contributed by atoms with van der Waals surface area (Å²) in [5.41, 5.74) is 6.54. The average molecular weight is 280 g/mol. The van der Waals surface area contributed by atoms with Crippen LogP contribution < -0.4 is 11.1 Å². The fraction of sp³-hybridized carbons (Fsp3) is 0.571. The molecule has 4 nitrogen and oxygen atoms in total. The maximum absolute atomic E-state index is 12.1. The molecule has 0 aromatic carbocycles. The largest absolute Gasteiger partial charge is 0.397 e. The van der Waals surface area contributed by atoms with Gasteiger partial charge in [-0.1, -0.05) is 18.0 Å². The van der Waals surface area contributed by atoms with Gasteiger partial charge >= 0.3 is 0 Å². The molecule has 102 valence electrons. The molecule has 0 saturated heterocycles. The van der Waals surface area contributed by atoms with E-state index >= 15 is 0 Å². The Balaban J connectivity index is 1.61. The Bertz CT molecular complexity index is 505. The minimum atomic E-state index is -0.149. The lowest BCUT2D eigenvalue weighted by molar-refractivity contribution is 0.0942. The standard InChI is InChI=1S/C14H18ClN3O/c15-13-5-11(12(16)7-17-13)14(19)18-6-10-4-8-1-2-9(10)3-8/h5,7-10H,1-4,6,16H2,(H,18,19). The fourth-order valence-corrected chi connectivity index (χ4v) is 3.74. The number of nitrogens with zero attached hydrogens (tertiary/aromatic N) is 1. The van der Waals surface area contributed by atoms with Gasteiger partial charge in [-0.2, -0.15) is 0 Å². The van der Waals surface area contributed by atoms with Crippen molar-refractivity contribution in [1.29, 1.82) is 0 Å². The number of amides is 1. The monoisotopic (exact) mass is 279 g/mol. The molecule has 0 aliphatic heterocycles. The highest BCUT2D eigenvalue weighted by Gasteiger charge is 2.39. The normalized spacial score (nSPS) is 28.6. The van der Waals surface area contributed by atoms with Crippen LogP contribution in [0.2, 0.25) is 5.15 Å². The van der Waals surface area contributed by atoms with Gasteiger partial charge in [0.15, 0.2) is 0 Å². The second kappa shape index (κ2) is 5.00. The number of fused-ring (bicyclic) bond motifs is 2. The first-order chi connectivity index (χ1) is 9.13. The molecule has 3 unspecified atom stereocenters. The molecular weight excluding hydrogens is 262 g/mol. The third kappa shape index (κ3) is 2.54. The SMILES string of the molecule is Nc1cnc(Cl)cc1C(=O)NCC1CC2CCC1C2. The molecule has 1 aromatic rings. The Hall–Kier alpha value is -1.29. The number of nitrogen functional groups attached to an aromatic ring is 1. The van der Waals surface area contributed by atoms with E-state index in [1.54, 1.807) is 0 Å². The number of carbonyl (C=O) groups is 1. The number of hydrogen-bond acceptors (Lipinski definition) is 3. The summed E-state index contributed by atoms with van der Waals surface area (Å²) in [7, 11) is 0. The van der Waals surface area contributed by atoms with E-state index < -0.39 is 0 Å². The quantitative estimate of drug-likeness (QED) is 0.835. The van der Waals surface area contributed by atoms with Gasteiger partial charge in [0.1, 0.15) is 5.15 Å². The number of nitrogens with one attached hydrogen (secondary N) is 1. The maximum atomic E-state index is 12.1. The van der Waals surface area contributed by atoms with Crippen LogP contribution in [0.1, 0.15) is 36.0 Å². The molecule has 3 rings (SSSR count). The second-order valence-corrected chi connectivity index (χ2v) is 6.13. The summed E-state index contributed by atoms with van der Waals surface area (Å²) >= 11 is 5.79. The van der Waals surface area contributed by atoms with Crippen molar-refractivity contribution in [2.24, 2.45) is 17.8 Å². The molecular formula is C14H18ClN3O. The molecule has 2 aliphatic rings. The molecule has 1 heterocycles. The van der Waals surface area contributed by atoms with Crippen LogP contribution in [0.3, 0.4) is 0 Å². The van der Waals surface area contributed by atoms with Crippen LogP contribution in [0.4, 0.5) is 5.69 Å². The van der Waals surface area contributed by atoms with E-state index in [2.05, 4.69) is 10.3 Å². The minimum absolute atomic E-state index is 0.149. The van der Waals surface area contributed by atoms with Crippen LogP contribution in [-0.2, 0) is 0 Å². The minimum Gasteiger partial charge on any atom is -0.397 e. The number of carbonyl (C=O) groups excluding carboxylic acids is 1. The molecule has 3 N–H and O–H groups in total. The van der Waals surface area contributed by atoms with E-state index in [-0.39, 0.29) is 5.91 Å². The van der Waals surface area contributed by atoms with Crippen molar-refractivity contribution in [3.63, 3.8) is 0 Å². The van der Waals surface area contributed by atoms with E-state index in [1.807, 2.05) is 0 Å². The Morgan fingerprint density at radius 3 is 3.00 bits per heavy atom. The number of pyridine rings is 1. The molecule has 1 amide bonds. The highest BCUT2D eigenvalue weighted by Crippen LogP contribution is 2.47. The average Bonchev–Trinajstić information content (AvgIpc) is 3.01. The zero-order chi connectivity index (χ0) is 13.4. The molecule has 2 bridgehead atoms. The van der Waals surface area contributed by atoms with Crippen LogP contribution in [0, 0.1) is 17.8 Å². The molecule has 5 heteroatoms. The Morgan fingerprint density at radius 2 is 2.32 bits per heavy atom. The van der Waals surface area contributed by atoms with Crippen LogP contribution in [0.5, 0.6) is 0 Å². The third-order valence-corrected chi connectivity index (χ3v) is 4.76. The topological polar surface area (TPSA) is 68.0 Å². The van der Waals surface area contributed by atoms with E-state index in [0.717, 1.165) is 18.4 Å². The number of halogens is 1. The van der Waals surface area contributed by atoms with E-state index in [4.69, 9.17) is 17.3 Å². The highest BCUT2D eigenvalue weighted by molar-refractivity contribution is 6.29. The fourth-order valence-electron chi connectivity index (χ4n) is 3.58. The summed E-state index contributed by atoms with van der Waals surface area (Å²) in [5, 5.41) is 3.28. The zero-order valence-corrected chi connectivity index (χ0v) is 11.5. The van der Waals surface area contributed by atoms with Gasteiger partial charge in [0.05, 0.1) is 17.4 Å². The molecule has 3 atom stereocenters. The van der Waals surface area contributed by atoms with Gasteiger partial charge in [-0.15, -0.1) is 0 Å². The Morgan fingerprint density at radius 1 is 1.47 bits per heavy atom. The van der Waals surface area contributed by atoms with Crippen molar-refractivity contribution >= 4 is 23.2 Å². The lowest BCUT2D eigenvalue weighted by Gasteiger charge is -2.21. The van der Waals surface area contributed by atoms with E-state index in [1.165, 1.54) is 37.9 Å². The first-order valence-corrected chi connectivity index (χ1v) is 7.20. The number of rotatable bonds is 3. The number of aromatic nitrogens is 1. The van der Waals surface area contributed by atoms with Crippen LogP contribution in [0.15, 0.2) is 12.3 Å². The van der Waals surface area contributed by atoms with Gasteiger partial charge in [0, 0.05) is 6.54 Å². The van der Waals surface area contributed by atoms with Crippen molar-refractivity contribution < 1.29 is 4.79 Å². The van der Waals surface area contributed by atoms with Crippen molar-refractivity contribution in [2.45, 2.75) is 25.7 Å². The van der Waals surface area contributed by atoms with Crippen LogP contribution >= 0.6 is 11.6 Å². The predicted molar refractivity (Wildman–Crippen MR) is 74.9 cm³/mol. The van der Waals surface area contributed by atoms with Gasteiger partial charge in [-0.25, -0.2) is 4.98 Å². The lowest BCUT2D eigenvalue weighted by Crippen LogP contribution is -2.32. The third-order valence-electron chi connectivity index (χ3n) is 4.56. The highest BCUT2D eigenvalue weighted by atomic mass is 35.5. The molecule has 2 aliphatic carbocycles. The summed E-state index contributed by atoms with van der Waals surface area (Å²) in [4.78, 5) is 16.0. The molecule has 2 saturated carbocycles. The summed E-state index contributed by atoms with van der Waals surface area (Å²) < 4.78 is 0. The van der Waals surface area contributed by atoms with Gasteiger partial charge in [0.2, 0.25) is 0 Å². The summed E-state index contributed by atoms with van der Waals surface area (Å²) in [6, 6.07) is 1.52. The predicted octanol–water partition coefficient (Wildman–Crippen LogP) is 2.48. The van der Waals surface area contributed by atoms with E-state index in [9.17, 15) is 4.79 Å². The van der Waals surface area contributed by atoms with Crippen LogP contribution in [0.25, 0.3) is 0 Å². The Labute approximate surface area is 117 Å². The van der Waals surface area contributed by atoms with Crippen LogP contribution in [-0.4, -0.2) is 17.4 Å². The zero-order valence-electron chi connectivity index (χ0n) is 10.7. The van der Waals surface area contributed by atoms with E-state index in [0.29, 0.717) is 22.3 Å². The summed E-state index contributed by atoms with van der Waals surface area (Å²) in [6.45, 7) is 0.749. The Kier molecular flexibility index (Phi) is 3.35. The molecule has 0 spiro atoms. The van der Waals surface area contributed by atoms with Crippen molar-refractivity contribution in [2.75, 3.05) is 12.3 Å². The maximum Gasteiger partial charge on any atom is 0.253 e. The van der Waals surface area contributed by atoms with Crippen molar-refractivity contribution in [3.8, 4) is 0 Å². The number of anilines is 1. The van der Waals surface area contributed by atoms with Gasteiger partial charge in [-0.3, -0.25) is 4.79 Å².